The zero-order valence-corrected chi connectivity index (χ0v) is 15.0. The summed E-state index contributed by atoms with van der Waals surface area (Å²) in [5.74, 6) is 1.15. The first-order valence-electron chi connectivity index (χ1n) is 8.69. The van der Waals surface area contributed by atoms with Gasteiger partial charge in [-0.15, -0.1) is 11.3 Å². The fraction of sp³-hybridized carbons (Fsp3) is 0.444. The molecule has 0 radical (unpaired) electrons. The molecular weight excluding hydrogens is 350 g/mol. The largest absolute Gasteiger partial charge is 0.449 e. The van der Waals surface area contributed by atoms with Crippen molar-refractivity contribution in [2.45, 2.75) is 38.1 Å². The number of primary amides is 1. The van der Waals surface area contributed by atoms with Crippen LogP contribution in [0.1, 0.15) is 37.5 Å². The molecule has 1 aliphatic carbocycles. The maximum Gasteiger partial charge on any atom is 0.404 e. The third-order valence-corrected chi connectivity index (χ3v) is 5.99. The molecule has 8 heteroatoms. The normalized spacial score (nSPS) is 20.3. The zero-order chi connectivity index (χ0) is 18.1. The van der Waals surface area contributed by atoms with E-state index in [2.05, 4.69) is 20.6 Å². The number of pyridine rings is 1. The van der Waals surface area contributed by atoms with Crippen LogP contribution in [0.15, 0.2) is 17.6 Å². The Kier molecular flexibility index (Phi) is 4.47. The van der Waals surface area contributed by atoms with Gasteiger partial charge < -0.3 is 15.0 Å². The summed E-state index contributed by atoms with van der Waals surface area (Å²) in [5, 5.41) is 11.3. The quantitative estimate of drug-likeness (QED) is 0.757. The summed E-state index contributed by atoms with van der Waals surface area (Å²) < 4.78 is 8.33. The molecule has 2 N–H and O–H groups in total. The van der Waals surface area contributed by atoms with Crippen molar-refractivity contribution in [1.29, 1.82) is 5.26 Å². The number of carbonyl (C=O) groups is 1. The molecular formula is C18H19N5O2S. The molecule has 0 aliphatic heterocycles. The second-order valence-corrected chi connectivity index (χ2v) is 7.58. The van der Waals surface area contributed by atoms with Crippen LogP contribution in [0.25, 0.3) is 21.3 Å². The molecule has 26 heavy (non-hydrogen) atoms. The number of amides is 1. The number of ether oxygens (including phenoxy) is 1. The highest BCUT2D eigenvalue weighted by Crippen LogP contribution is 2.38. The topological polar surface area (TPSA) is 107 Å². The number of imidazole rings is 1. The molecule has 0 saturated heterocycles. The van der Waals surface area contributed by atoms with E-state index in [4.69, 9.17) is 10.5 Å². The monoisotopic (exact) mass is 369 g/mol. The number of rotatable bonds is 4. The van der Waals surface area contributed by atoms with E-state index in [0.29, 0.717) is 18.6 Å². The van der Waals surface area contributed by atoms with Gasteiger partial charge in [-0.2, -0.15) is 5.26 Å². The number of aromatic nitrogens is 3. The molecule has 0 atom stereocenters. The number of hydrogen-bond acceptors (Lipinski definition) is 6. The smallest absolute Gasteiger partial charge is 0.404 e. The molecule has 7 nitrogen and oxygen atoms in total. The van der Waals surface area contributed by atoms with Gasteiger partial charge in [0.2, 0.25) is 0 Å². The van der Waals surface area contributed by atoms with Crippen LogP contribution >= 0.6 is 11.3 Å². The number of hydrogen-bond donors (Lipinski definition) is 1. The maximum absolute atomic E-state index is 10.8. The van der Waals surface area contributed by atoms with E-state index in [1.54, 1.807) is 17.5 Å². The van der Waals surface area contributed by atoms with Gasteiger partial charge in [0.05, 0.1) is 41.0 Å². The van der Waals surface area contributed by atoms with Crippen molar-refractivity contribution < 1.29 is 9.53 Å². The number of thiophene rings is 1. The zero-order valence-electron chi connectivity index (χ0n) is 14.2. The minimum atomic E-state index is -0.711. The van der Waals surface area contributed by atoms with Gasteiger partial charge in [-0.3, -0.25) is 4.98 Å². The molecule has 1 saturated carbocycles. The third-order valence-electron chi connectivity index (χ3n) is 5.08. The lowest BCUT2D eigenvalue weighted by atomic mass is 9.86. The minimum absolute atomic E-state index is 0.284. The molecule has 3 aromatic rings. The Bertz CT molecular complexity index is 994. The van der Waals surface area contributed by atoms with Crippen molar-refractivity contribution in [3.05, 3.63) is 23.5 Å². The summed E-state index contributed by atoms with van der Waals surface area (Å²) in [6.07, 6.45) is 5.22. The number of fused-ring (bicyclic) bond motifs is 3. The number of carbonyl (C=O) groups excluding carboxylic acids is 1. The molecule has 4 rings (SSSR count). The molecule has 3 aromatic heterocycles. The first-order valence-corrected chi connectivity index (χ1v) is 9.57. The average Bonchev–Trinajstić information content (AvgIpc) is 3.24. The van der Waals surface area contributed by atoms with Gasteiger partial charge in [0.1, 0.15) is 11.3 Å². The Morgan fingerprint density at radius 3 is 2.92 bits per heavy atom. The summed E-state index contributed by atoms with van der Waals surface area (Å²) in [4.78, 5) is 20.0. The Hall–Kier alpha value is -2.66. The summed E-state index contributed by atoms with van der Waals surface area (Å²) in [7, 11) is 0. The predicted octanol–water partition coefficient (Wildman–Crippen LogP) is 3.54. The standard InChI is InChI=1S/C18H19N5O2S/c19-7-5-15-22-14-9-21-13-6-8-26-17(13)16(14)23(15)12-3-1-11(2-4-12)10-25-18(20)24/h6,8-9,11-12H,1-5,10H2,(H2,20,24). The summed E-state index contributed by atoms with van der Waals surface area (Å²) in [6.45, 7) is 0.386. The molecule has 0 unspecified atom stereocenters. The van der Waals surface area contributed by atoms with Crippen molar-refractivity contribution in [2.75, 3.05) is 6.61 Å². The first kappa shape index (κ1) is 16.8. The van der Waals surface area contributed by atoms with Gasteiger partial charge in [-0.05, 0) is 43.0 Å². The van der Waals surface area contributed by atoms with Crippen LogP contribution in [0.5, 0.6) is 0 Å². The lowest BCUT2D eigenvalue weighted by molar-refractivity contribution is 0.117. The molecule has 0 spiro atoms. The van der Waals surface area contributed by atoms with Crippen LogP contribution in [0, 0.1) is 17.2 Å². The fourth-order valence-corrected chi connectivity index (χ4v) is 4.77. The summed E-state index contributed by atoms with van der Waals surface area (Å²) in [5.41, 5.74) is 7.97. The lowest BCUT2D eigenvalue weighted by Crippen LogP contribution is -2.24. The Labute approximate surface area is 154 Å². The van der Waals surface area contributed by atoms with Crippen molar-refractivity contribution in [1.82, 2.24) is 14.5 Å². The molecule has 134 valence electrons. The Balaban J connectivity index is 1.67. The second-order valence-electron chi connectivity index (χ2n) is 6.66. The van der Waals surface area contributed by atoms with Crippen LogP contribution in [0.3, 0.4) is 0 Å². The average molecular weight is 369 g/mol. The predicted molar refractivity (Wildman–Crippen MR) is 98.8 cm³/mol. The van der Waals surface area contributed by atoms with Crippen molar-refractivity contribution in [2.24, 2.45) is 11.7 Å². The first-order chi connectivity index (χ1) is 12.7. The second kappa shape index (κ2) is 6.92. The van der Waals surface area contributed by atoms with Crippen molar-refractivity contribution in [3.63, 3.8) is 0 Å². The van der Waals surface area contributed by atoms with Gasteiger partial charge >= 0.3 is 6.09 Å². The van der Waals surface area contributed by atoms with Gasteiger partial charge in [0.15, 0.2) is 0 Å². The molecule has 1 aliphatic rings. The minimum Gasteiger partial charge on any atom is -0.449 e. The van der Waals surface area contributed by atoms with Gasteiger partial charge in [0, 0.05) is 6.04 Å². The van der Waals surface area contributed by atoms with Crippen LogP contribution in [-0.4, -0.2) is 27.2 Å². The number of nitrogens with zero attached hydrogens (tertiary/aromatic N) is 4. The summed E-state index contributed by atoms with van der Waals surface area (Å²) in [6, 6.07) is 4.54. The Morgan fingerprint density at radius 1 is 1.38 bits per heavy atom. The number of nitriles is 1. The molecule has 1 fully saturated rings. The van der Waals surface area contributed by atoms with E-state index in [-0.39, 0.29) is 6.42 Å². The highest BCUT2D eigenvalue weighted by Gasteiger charge is 2.27. The van der Waals surface area contributed by atoms with Crippen LogP contribution in [0.4, 0.5) is 4.79 Å². The maximum atomic E-state index is 10.8. The van der Waals surface area contributed by atoms with Crippen LogP contribution in [-0.2, 0) is 11.2 Å². The Morgan fingerprint density at radius 2 is 2.19 bits per heavy atom. The lowest BCUT2D eigenvalue weighted by Gasteiger charge is -2.30. The molecule has 3 heterocycles. The van der Waals surface area contributed by atoms with Crippen LogP contribution < -0.4 is 5.73 Å². The highest BCUT2D eigenvalue weighted by atomic mass is 32.1. The van der Waals surface area contributed by atoms with E-state index < -0.39 is 6.09 Å². The molecule has 0 aromatic carbocycles. The van der Waals surface area contributed by atoms with Gasteiger partial charge in [-0.1, -0.05) is 0 Å². The van der Waals surface area contributed by atoms with Crippen molar-refractivity contribution in [3.8, 4) is 6.07 Å². The van der Waals surface area contributed by atoms with E-state index in [1.165, 1.54) is 0 Å². The van der Waals surface area contributed by atoms with Crippen LogP contribution in [0.2, 0.25) is 0 Å². The van der Waals surface area contributed by atoms with Gasteiger partial charge in [-0.25, -0.2) is 9.78 Å². The number of nitrogens with two attached hydrogens (primary N) is 1. The third kappa shape index (κ3) is 2.99. The van der Waals surface area contributed by atoms with Crippen molar-refractivity contribution >= 4 is 38.7 Å². The fourth-order valence-electron chi connectivity index (χ4n) is 3.88. The van der Waals surface area contributed by atoms with E-state index in [1.807, 2.05) is 11.4 Å². The van der Waals surface area contributed by atoms with E-state index in [0.717, 1.165) is 52.8 Å². The molecule has 0 bridgehead atoms. The van der Waals surface area contributed by atoms with E-state index in [9.17, 15) is 10.1 Å². The van der Waals surface area contributed by atoms with Gasteiger partial charge in [0.25, 0.3) is 0 Å². The SMILES string of the molecule is N#CCc1nc2cnc3ccsc3c2n1C1CCC(COC(N)=O)CC1. The molecule has 1 amide bonds. The van der Waals surface area contributed by atoms with E-state index >= 15 is 0 Å². The summed E-state index contributed by atoms with van der Waals surface area (Å²) >= 11 is 1.66. The highest BCUT2D eigenvalue weighted by molar-refractivity contribution is 7.18.